The highest BCUT2D eigenvalue weighted by Gasteiger charge is 2.07. The van der Waals surface area contributed by atoms with Crippen molar-refractivity contribution in [2.75, 3.05) is 5.73 Å². The largest absolute Gasteiger partial charge is 0.366 e. The summed E-state index contributed by atoms with van der Waals surface area (Å²) < 4.78 is 1.66. The number of aromatic nitrogens is 5. The third-order valence-electron chi connectivity index (χ3n) is 3.13. The number of rotatable bonds is 1. The van der Waals surface area contributed by atoms with E-state index < -0.39 is 0 Å². The smallest absolute Gasteiger partial charge is 0.240 e. The van der Waals surface area contributed by atoms with Crippen LogP contribution in [0.4, 0.5) is 5.95 Å². The van der Waals surface area contributed by atoms with E-state index in [2.05, 4.69) is 20.1 Å². The summed E-state index contributed by atoms with van der Waals surface area (Å²) in [5, 5.41) is 5.15. The minimum atomic E-state index is 0.277. The molecule has 3 N–H and O–H groups in total. The molecule has 0 aliphatic carbocycles. The number of anilines is 1. The Balaban J connectivity index is 2.00. The van der Waals surface area contributed by atoms with Crippen LogP contribution in [-0.4, -0.2) is 24.6 Å². The number of pyridine rings is 2. The van der Waals surface area contributed by atoms with Crippen LogP contribution in [0.5, 0.6) is 0 Å². The zero-order valence-electron chi connectivity index (χ0n) is 9.91. The third-order valence-corrected chi connectivity index (χ3v) is 3.13. The molecule has 0 atom stereocenters. The molecule has 0 aromatic carbocycles. The van der Waals surface area contributed by atoms with Gasteiger partial charge in [0.05, 0.1) is 0 Å². The number of fused-ring (bicyclic) bond motifs is 2. The van der Waals surface area contributed by atoms with Crippen molar-refractivity contribution >= 4 is 22.6 Å². The molecule has 6 heteroatoms. The molecule has 0 fully saturated rings. The summed E-state index contributed by atoms with van der Waals surface area (Å²) in [7, 11) is 0. The van der Waals surface area contributed by atoms with E-state index in [-0.39, 0.29) is 5.95 Å². The molecule has 19 heavy (non-hydrogen) atoms. The van der Waals surface area contributed by atoms with E-state index in [0.717, 1.165) is 27.8 Å². The minimum Gasteiger partial charge on any atom is -0.366 e. The van der Waals surface area contributed by atoms with Gasteiger partial charge in [-0.15, -0.1) is 5.10 Å². The highest BCUT2D eigenvalue weighted by Crippen LogP contribution is 2.27. The lowest BCUT2D eigenvalue weighted by molar-refractivity contribution is 0.969. The predicted octanol–water partition coefficient (Wildman–Crippen LogP) is 1.85. The van der Waals surface area contributed by atoms with E-state index in [9.17, 15) is 0 Å². The predicted molar refractivity (Wildman–Crippen MR) is 72.5 cm³/mol. The van der Waals surface area contributed by atoms with Gasteiger partial charge in [-0.05, 0) is 35.4 Å². The molecule has 0 radical (unpaired) electrons. The van der Waals surface area contributed by atoms with Crippen molar-refractivity contribution < 1.29 is 0 Å². The fourth-order valence-corrected chi connectivity index (χ4v) is 2.28. The molecule has 0 bridgehead atoms. The number of H-pyrrole nitrogens is 1. The van der Waals surface area contributed by atoms with Crippen molar-refractivity contribution in [2.45, 2.75) is 0 Å². The van der Waals surface area contributed by atoms with Crippen LogP contribution in [0, 0.1) is 0 Å². The van der Waals surface area contributed by atoms with Crippen LogP contribution < -0.4 is 5.73 Å². The monoisotopic (exact) mass is 250 g/mol. The standard InChI is InChI=1S/C13H10N6/c14-13-17-11-7-8(3-6-19(11)18-13)9-1-4-15-12-10(9)2-5-16-12/h1-7H,(H2,14,18)(H,15,16). The number of aromatic amines is 1. The molecule has 6 nitrogen and oxygen atoms in total. The van der Waals surface area contributed by atoms with Crippen LogP contribution in [0.25, 0.3) is 27.8 Å². The van der Waals surface area contributed by atoms with Crippen LogP contribution >= 0.6 is 0 Å². The van der Waals surface area contributed by atoms with E-state index in [1.165, 1.54) is 0 Å². The maximum Gasteiger partial charge on any atom is 0.240 e. The third kappa shape index (κ3) is 1.46. The van der Waals surface area contributed by atoms with Gasteiger partial charge in [0.15, 0.2) is 5.65 Å². The Morgan fingerprint density at radius 1 is 1.21 bits per heavy atom. The molecule has 0 aliphatic rings. The molecule has 4 aromatic heterocycles. The first kappa shape index (κ1) is 10.1. The van der Waals surface area contributed by atoms with Crippen LogP contribution in [0.3, 0.4) is 0 Å². The van der Waals surface area contributed by atoms with Crippen molar-refractivity contribution in [1.29, 1.82) is 0 Å². The lowest BCUT2D eigenvalue weighted by Gasteiger charge is -2.03. The summed E-state index contributed by atoms with van der Waals surface area (Å²) in [6.07, 6.45) is 5.53. The molecule has 0 unspecified atom stereocenters. The fraction of sp³-hybridized carbons (Fsp3) is 0. The van der Waals surface area contributed by atoms with Crippen molar-refractivity contribution in [1.82, 2.24) is 24.6 Å². The molecular formula is C13H10N6. The Labute approximate surface area is 107 Å². The highest BCUT2D eigenvalue weighted by atomic mass is 15.3. The first-order chi connectivity index (χ1) is 9.31. The van der Waals surface area contributed by atoms with Gasteiger partial charge in [-0.1, -0.05) is 0 Å². The molecule has 4 aromatic rings. The SMILES string of the molecule is Nc1nc2cc(-c3ccnc4[nH]ccc34)ccn2n1. The molecule has 0 saturated heterocycles. The van der Waals surface area contributed by atoms with Crippen molar-refractivity contribution in [3.05, 3.63) is 42.9 Å². The summed E-state index contributed by atoms with van der Waals surface area (Å²) in [5.41, 5.74) is 9.37. The maximum absolute atomic E-state index is 5.60. The van der Waals surface area contributed by atoms with Crippen LogP contribution in [0.2, 0.25) is 0 Å². The second-order valence-electron chi connectivity index (χ2n) is 4.29. The van der Waals surface area contributed by atoms with Gasteiger partial charge in [0.1, 0.15) is 5.65 Å². The van der Waals surface area contributed by atoms with Crippen molar-refractivity contribution in [3.8, 4) is 11.1 Å². The number of nitrogen functional groups attached to an aromatic ring is 1. The molecule has 0 saturated carbocycles. The highest BCUT2D eigenvalue weighted by molar-refractivity contribution is 5.93. The average Bonchev–Trinajstić information content (AvgIpc) is 3.01. The van der Waals surface area contributed by atoms with Gasteiger partial charge < -0.3 is 10.7 Å². The second kappa shape index (κ2) is 3.55. The van der Waals surface area contributed by atoms with E-state index in [1.54, 1.807) is 10.7 Å². The van der Waals surface area contributed by atoms with Gasteiger partial charge in [0.25, 0.3) is 0 Å². The number of nitrogens with zero attached hydrogens (tertiary/aromatic N) is 4. The topological polar surface area (TPSA) is 84.9 Å². The molecule has 4 heterocycles. The van der Waals surface area contributed by atoms with Crippen molar-refractivity contribution in [2.24, 2.45) is 0 Å². The normalized spacial score (nSPS) is 11.4. The van der Waals surface area contributed by atoms with E-state index in [4.69, 9.17) is 5.73 Å². The summed E-state index contributed by atoms with van der Waals surface area (Å²) in [4.78, 5) is 11.6. The van der Waals surface area contributed by atoms with Crippen LogP contribution in [-0.2, 0) is 0 Å². The summed E-state index contributed by atoms with van der Waals surface area (Å²) >= 11 is 0. The van der Waals surface area contributed by atoms with Gasteiger partial charge >= 0.3 is 0 Å². The number of nitrogens with one attached hydrogen (secondary N) is 1. The maximum atomic E-state index is 5.60. The lowest BCUT2D eigenvalue weighted by atomic mass is 10.1. The van der Waals surface area contributed by atoms with Crippen LogP contribution in [0.1, 0.15) is 0 Å². The average molecular weight is 250 g/mol. The summed E-state index contributed by atoms with van der Waals surface area (Å²) in [5.74, 6) is 0.277. The molecule has 0 spiro atoms. The van der Waals surface area contributed by atoms with Crippen LogP contribution in [0.15, 0.2) is 42.9 Å². The van der Waals surface area contributed by atoms with Gasteiger partial charge in [-0.25, -0.2) is 9.50 Å². The fourth-order valence-electron chi connectivity index (χ4n) is 2.28. The van der Waals surface area contributed by atoms with Gasteiger partial charge in [0.2, 0.25) is 5.95 Å². The zero-order valence-corrected chi connectivity index (χ0v) is 9.91. The summed E-state index contributed by atoms with van der Waals surface area (Å²) in [6.45, 7) is 0. The van der Waals surface area contributed by atoms with E-state index >= 15 is 0 Å². The summed E-state index contributed by atoms with van der Waals surface area (Å²) in [6, 6.07) is 7.95. The second-order valence-corrected chi connectivity index (χ2v) is 4.29. The molecular weight excluding hydrogens is 240 g/mol. The Bertz CT molecular complexity index is 888. The zero-order chi connectivity index (χ0) is 12.8. The Morgan fingerprint density at radius 2 is 2.16 bits per heavy atom. The minimum absolute atomic E-state index is 0.277. The first-order valence-electron chi connectivity index (χ1n) is 5.86. The molecule has 0 aliphatic heterocycles. The van der Waals surface area contributed by atoms with Gasteiger partial charge in [0, 0.05) is 24.0 Å². The lowest BCUT2D eigenvalue weighted by Crippen LogP contribution is -1.89. The molecule has 92 valence electrons. The number of hydrogen-bond donors (Lipinski definition) is 2. The van der Waals surface area contributed by atoms with Crippen molar-refractivity contribution in [3.63, 3.8) is 0 Å². The van der Waals surface area contributed by atoms with Gasteiger partial charge in [-0.3, -0.25) is 0 Å². The Kier molecular flexibility index (Phi) is 1.88. The van der Waals surface area contributed by atoms with E-state index in [0.29, 0.717) is 0 Å². The molecule has 4 rings (SSSR count). The molecule has 0 amide bonds. The van der Waals surface area contributed by atoms with Gasteiger partial charge in [-0.2, -0.15) is 4.98 Å². The quantitative estimate of drug-likeness (QED) is 0.540. The number of hydrogen-bond acceptors (Lipinski definition) is 4. The number of nitrogens with two attached hydrogens (primary N) is 1. The van der Waals surface area contributed by atoms with E-state index in [1.807, 2.05) is 36.7 Å². The Morgan fingerprint density at radius 3 is 3.11 bits per heavy atom. The Hall–Kier alpha value is -2.89. The first-order valence-corrected chi connectivity index (χ1v) is 5.86.